The summed E-state index contributed by atoms with van der Waals surface area (Å²) in [4.78, 5) is 10.5. The predicted molar refractivity (Wildman–Crippen MR) is 57.4 cm³/mol. The monoisotopic (exact) mass is 235 g/mol. The van der Waals surface area contributed by atoms with E-state index in [-0.39, 0.29) is 12.2 Å². The van der Waals surface area contributed by atoms with Crippen LogP contribution in [-0.2, 0) is 11.2 Å². The molecule has 1 aromatic carbocycles. The van der Waals surface area contributed by atoms with Crippen LogP contribution in [0, 0.1) is 12.7 Å². The average Bonchev–Trinajstić information content (AvgIpc) is 2.69. The molecule has 0 saturated carbocycles. The van der Waals surface area contributed by atoms with Crippen LogP contribution in [-0.4, -0.2) is 26.1 Å². The normalized spacial score (nSPS) is 10.5. The van der Waals surface area contributed by atoms with Crippen LogP contribution in [0.25, 0.3) is 5.69 Å². The second-order valence-electron chi connectivity index (χ2n) is 3.66. The van der Waals surface area contributed by atoms with Crippen molar-refractivity contribution in [1.82, 2.24) is 15.0 Å². The van der Waals surface area contributed by atoms with Gasteiger partial charge in [-0.1, -0.05) is 11.3 Å². The van der Waals surface area contributed by atoms with Crippen LogP contribution >= 0.6 is 0 Å². The molecule has 1 heterocycles. The van der Waals surface area contributed by atoms with Crippen LogP contribution in [0.1, 0.15) is 11.3 Å². The zero-order valence-corrected chi connectivity index (χ0v) is 9.09. The molecule has 0 fully saturated rings. The Kier molecular flexibility index (Phi) is 2.86. The van der Waals surface area contributed by atoms with E-state index in [1.165, 1.54) is 23.0 Å². The van der Waals surface area contributed by atoms with Gasteiger partial charge in [0.05, 0.1) is 24.0 Å². The SMILES string of the molecule is Cc1ccc(F)cc1-n1cc(CC(=O)O)nn1. The molecule has 0 atom stereocenters. The Morgan fingerprint density at radius 1 is 1.53 bits per heavy atom. The van der Waals surface area contributed by atoms with Crippen molar-refractivity contribution >= 4 is 5.97 Å². The van der Waals surface area contributed by atoms with E-state index < -0.39 is 5.97 Å². The summed E-state index contributed by atoms with van der Waals surface area (Å²) in [5, 5.41) is 16.1. The highest BCUT2D eigenvalue weighted by Crippen LogP contribution is 2.14. The Balaban J connectivity index is 2.36. The highest BCUT2D eigenvalue weighted by Gasteiger charge is 2.09. The zero-order chi connectivity index (χ0) is 12.4. The second-order valence-corrected chi connectivity index (χ2v) is 3.66. The van der Waals surface area contributed by atoms with Crippen molar-refractivity contribution in [3.8, 4) is 5.69 Å². The van der Waals surface area contributed by atoms with Crippen molar-refractivity contribution in [3.63, 3.8) is 0 Å². The number of halogens is 1. The maximum Gasteiger partial charge on any atom is 0.309 e. The summed E-state index contributed by atoms with van der Waals surface area (Å²) in [7, 11) is 0. The third kappa shape index (κ3) is 2.47. The molecule has 6 heteroatoms. The Morgan fingerprint density at radius 3 is 3.00 bits per heavy atom. The Hall–Kier alpha value is -2.24. The summed E-state index contributed by atoms with van der Waals surface area (Å²) in [6.45, 7) is 1.81. The van der Waals surface area contributed by atoms with Gasteiger partial charge in [0.1, 0.15) is 5.82 Å². The first kappa shape index (κ1) is 11.3. The van der Waals surface area contributed by atoms with Crippen molar-refractivity contribution in [2.24, 2.45) is 0 Å². The number of benzene rings is 1. The lowest BCUT2D eigenvalue weighted by Gasteiger charge is -2.03. The molecule has 0 aliphatic heterocycles. The van der Waals surface area contributed by atoms with E-state index in [4.69, 9.17) is 5.11 Å². The minimum atomic E-state index is -0.979. The van der Waals surface area contributed by atoms with E-state index in [9.17, 15) is 9.18 Å². The number of rotatable bonds is 3. The lowest BCUT2D eigenvalue weighted by Crippen LogP contribution is -2.00. The minimum Gasteiger partial charge on any atom is -0.481 e. The molecule has 17 heavy (non-hydrogen) atoms. The second kappa shape index (κ2) is 4.32. The number of aliphatic carboxylic acids is 1. The van der Waals surface area contributed by atoms with Gasteiger partial charge in [0, 0.05) is 0 Å². The van der Waals surface area contributed by atoms with Gasteiger partial charge in [0.2, 0.25) is 0 Å². The summed E-state index contributed by atoms with van der Waals surface area (Å²) < 4.78 is 14.5. The molecule has 0 aliphatic rings. The van der Waals surface area contributed by atoms with Gasteiger partial charge in [-0.2, -0.15) is 0 Å². The lowest BCUT2D eigenvalue weighted by atomic mass is 10.2. The number of hydrogen-bond acceptors (Lipinski definition) is 3. The average molecular weight is 235 g/mol. The smallest absolute Gasteiger partial charge is 0.309 e. The van der Waals surface area contributed by atoms with E-state index >= 15 is 0 Å². The molecule has 1 aromatic heterocycles. The summed E-state index contributed by atoms with van der Waals surface area (Å²) in [5.74, 6) is -1.35. The minimum absolute atomic E-state index is 0.200. The van der Waals surface area contributed by atoms with Gasteiger partial charge >= 0.3 is 5.97 Å². The van der Waals surface area contributed by atoms with Gasteiger partial charge in [0.25, 0.3) is 0 Å². The highest BCUT2D eigenvalue weighted by atomic mass is 19.1. The molecule has 2 rings (SSSR count). The first-order chi connectivity index (χ1) is 8.06. The Morgan fingerprint density at radius 2 is 2.29 bits per heavy atom. The van der Waals surface area contributed by atoms with Crippen molar-refractivity contribution in [2.75, 3.05) is 0 Å². The fourth-order valence-corrected chi connectivity index (χ4v) is 1.48. The van der Waals surface area contributed by atoms with Gasteiger partial charge in [-0.15, -0.1) is 5.10 Å². The molecule has 1 N–H and O–H groups in total. The van der Waals surface area contributed by atoms with Crippen LogP contribution < -0.4 is 0 Å². The summed E-state index contributed by atoms with van der Waals surface area (Å²) in [6, 6.07) is 4.31. The number of carboxylic acid groups (broad SMARTS) is 1. The molecular weight excluding hydrogens is 225 g/mol. The molecule has 2 aromatic rings. The van der Waals surface area contributed by atoms with Gasteiger partial charge in [-0.3, -0.25) is 4.79 Å². The molecule has 5 nitrogen and oxygen atoms in total. The fourth-order valence-electron chi connectivity index (χ4n) is 1.48. The van der Waals surface area contributed by atoms with E-state index in [2.05, 4.69) is 10.3 Å². The fraction of sp³-hybridized carbons (Fsp3) is 0.182. The number of nitrogens with zero attached hydrogens (tertiary/aromatic N) is 3. The Labute approximate surface area is 96.5 Å². The standard InChI is InChI=1S/C11H10FN3O2/c1-7-2-3-8(12)4-10(7)15-6-9(13-14-15)5-11(16)17/h2-4,6H,5H2,1H3,(H,16,17). The Bertz CT molecular complexity index is 566. The number of aryl methyl sites for hydroxylation is 1. The van der Waals surface area contributed by atoms with Gasteiger partial charge < -0.3 is 5.11 Å². The maximum absolute atomic E-state index is 13.1. The van der Waals surface area contributed by atoms with Crippen LogP contribution in [0.3, 0.4) is 0 Å². The number of aromatic nitrogens is 3. The van der Waals surface area contributed by atoms with E-state index in [0.29, 0.717) is 11.4 Å². The van der Waals surface area contributed by atoms with E-state index in [0.717, 1.165) is 5.56 Å². The molecule has 0 amide bonds. The lowest BCUT2D eigenvalue weighted by molar-refractivity contribution is -0.136. The molecule has 0 radical (unpaired) electrons. The number of hydrogen-bond donors (Lipinski definition) is 1. The third-order valence-corrected chi connectivity index (χ3v) is 2.29. The molecule has 0 saturated heterocycles. The molecule has 0 unspecified atom stereocenters. The van der Waals surface area contributed by atoms with Crippen LogP contribution in [0.4, 0.5) is 4.39 Å². The first-order valence-electron chi connectivity index (χ1n) is 4.96. The van der Waals surface area contributed by atoms with Crippen LogP contribution in [0.5, 0.6) is 0 Å². The quantitative estimate of drug-likeness (QED) is 0.871. The summed E-state index contributed by atoms with van der Waals surface area (Å²) in [6.07, 6.45) is 1.28. The summed E-state index contributed by atoms with van der Waals surface area (Å²) >= 11 is 0. The largest absolute Gasteiger partial charge is 0.481 e. The van der Waals surface area contributed by atoms with Crippen molar-refractivity contribution < 1.29 is 14.3 Å². The van der Waals surface area contributed by atoms with Gasteiger partial charge in [-0.25, -0.2) is 9.07 Å². The van der Waals surface area contributed by atoms with Gasteiger partial charge in [-0.05, 0) is 24.6 Å². The van der Waals surface area contributed by atoms with E-state index in [1.54, 1.807) is 6.07 Å². The predicted octanol–water partition coefficient (Wildman–Crippen LogP) is 1.34. The van der Waals surface area contributed by atoms with Crippen LogP contribution in [0.2, 0.25) is 0 Å². The molecule has 0 spiro atoms. The maximum atomic E-state index is 13.1. The number of carbonyl (C=O) groups is 1. The molecular formula is C11H10FN3O2. The van der Waals surface area contributed by atoms with Crippen molar-refractivity contribution in [3.05, 3.63) is 41.5 Å². The van der Waals surface area contributed by atoms with Crippen molar-refractivity contribution in [1.29, 1.82) is 0 Å². The third-order valence-electron chi connectivity index (χ3n) is 2.29. The van der Waals surface area contributed by atoms with Gasteiger partial charge in [0.15, 0.2) is 0 Å². The van der Waals surface area contributed by atoms with Crippen LogP contribution in [0.15, 0.2) is 24.4 Å². The molecule has 88 valence electrons. The first-order valence-corrected chi connectivity index (χ1v) is 4.96. The summed E-state index contributed by atoms with van der Waals surface area (Å²) in [5.41, 5.74) is 1.72. The molecule has 0 aliphatic carbocycles. The zero-order valence-electron chi connectivity index (χ0n) is 9.09. The topological polar surface area (TPSA) is 68.0 Å². The molecule has 0 bridgehead atoms. The highest BCUT2D eigenvalue weighted by molar-refractivity contribution is 5.69. The number of carboxylic acids is 1. The van der Waals surface area contributed by atoms with E-state index in [1.807, 2.05) is 6.92 Å². The van der Waals surface area contributed by atoms with Crippen molar-refractivity contribution in [2.45, 2.75) is 13.3 Å².